The zero-order chi connectivity index (χ0) is 14.9. The predicted octanol–water partition coefficient (Wildman–Crippen LogP) is 3.97. The number of rotatable bonds is 5. The van der Waals surface area contributed by atoms with Gasteiger partial charge < -0.3 is 4.42 Å². The quantitative estimate of drug-likeness (QED) is 0.602. The van der Waals surface area contributed by atoms with Crippen LogP contribution < -0.4 is 0 Å². The smallest absolute Gasteiger partial charge is 0.283 e. The lowest BCUT2D eigenvalue weighted by atomic mass is 10.3. The van der Waals surface area contributed by atoms with Gasteiger partial charge in [-0.1, -0.05) is 0 Å². The molecule has 0 amide bonds. The summed E-state index contributed by atoms with van der Waals surface area (Å²) in [5.74, 6) is 0.170. The van der Waals surface area contributed by atoms with Crippen LogP contribution in [0, 0.1) is 0 Å². The average Bonchev–Trinajstić information content (AvgIpc) is 2.94. The Bertz CT molecular complexity index is 624. The van der Waals surface area contributed by atoms with Crippen LogP contribution in [0.4, 0.5) is 17.6 Å². The van der Waals surface area contributed by atoms with Gasteiger partial charge in [0.2, 0.25) is 0 Å². The minimum atomic E-state index is -2.98. The molecule has 108 valence electrons. The fourth-order valence-electron chi connectivity index (χ4n) is 1.63. The van der Waals surface area contributed by atoms with Crippen molar-refractivity contribution in [1.82, 2.24) is 9.78 Å². The van der Waals surface area contributed by atoms with Crippen molar-refractivity contribution >= 4 is 22.2 Å². The predicted molar refractivity (Wildman–Crippen MR) is 63.0 cm³/mol. The first-order valence-electron chi connectivity index (χ1n) is 5.30. The van der Waals surface area contributed by atoms with Crippen LogP contribution in [0.15, 0.2) is 21.0 Å². The number of aldehydes is 1. The van der Waals surface area contributed by atoms with Gasteiger partial charge in [-0.3, -0.25) is 9.48 Å². The molecular weight excluding hydrogens is 348 g/mol. The van der Waals surface area contributed by atoms with Crippen molar-refractivity contribution < 1.29 is 26.8 Å². The fraction of sp³-hybridized carbons (Fsp3) is 0.273. The molecule has 0 aliphatic carbocycles. The molecule has 0 spiro atoms. The van der Waals surface area contributed by atoms with Crippen LogP contribution in [-0.4, -0.2) is 16.1 Å². The van der Waals surface area contributed by atoms with Gasteiger partial charge in [0, 0.05) is 0 Å². The first-order valence-corrected chi connectivity index (χ1v) is 6.09. The summed E-state index contributed by atoms with van der Waals surface area (Å²) in [5, 5.41) is 3.45. The summed E-state index contributed by atoms with van der Waals surface area (Å²) in [6.07, 6.45) is -5.52. The molecule has 0 aromatic carbocycles. The zero-order valence-corrected chi connectivity index (χ0v) is 11.3. The van der Waals surface area contributed by atoms with E-state index in [9.17, 15) is 22.4 Å². The van der Waals surface area contributed by atoms with Crippen LogP contribution in [-0.2, 0) is 6.54 Å². The molecule has 2 aromatic heterocycles. The maximum Gasteiger partial charge on any atom is 0.283 e. The molecule has 0 atom stereocenters. The van der Waals surface area contributed by atoms with Crippen LogP contribution in [0.5, 0.6) is 0 Å². The Morgan fingerprint density at radius 1 is 1.30 bits per heavy atom. The maximum atomic E-state index is 12.9. The van der Waals surface area contributed by atoms with Crippen molar-refractivity contribution in [2.75, 3.05) is 0 Å². The number of nitrogens with zero attached hydrogens (tertiary/aromatic N) is 2. The summed E-state index contributed by atoms with van der Waals surface area (Å²) in [4.78, 5) is 10.5. The summed E-state index contributed by atoms with van der Waals surface area (Å²) in [7, 11) is 0. The molecule has 2 heterocycles. The zero-order valence-electron chi connectivity index (χ0n) is 9.69. The summed E-state index contributed by atoms with van der Waals surface area (Å²) < 4.78 is 56.5. The topological polar surface area (TPSA) is 48.0 Å². The minimum Gasteiger partial charge on any atom is -0.456 e. The van der Waals surface area contributed by atoms with Gasteiger partial charge in [-0.15, -0.1) is 0 Å². The van der Waals surface area contributed by atoms with Crippen LogP contribution in [0.3, 0.4) is 0 Å². The Morgan fingerprint density at radius 3 is 2.50 bits per heavy atom. The minimum absolute atomic E-state index is 0.0129. The second-order valence-electron chi connectivity index (χ2n) is 3.77. The van der Waals surface area contributed by atoms with Crippen LogP contribution >= 0.6 is 15.9 Å². The normalized spacial score (nSPS) is 11.6. The fourth-order valence-corrected chi connectivity index (χ4v) is 2.26. The first-order chi connectivity index (χ1) is 9.43. The lowest BCUT2D eigenvalue weighted by molar-refractivity contribution is 0.109. The molecule has 0 unspecified atom stereocenters. The Hall–Kier alpha value is -1.64. The van der Waals surface area contributed by atoms with Crippen LogP contribution in [0.25, 0.3) is 0 Å². The lowest BCUT2D eigenvalue weighted by Gasteiger charge is -2.04. The van der Waals surface area contributed by atoms with Crippen LogP contribution in [0.2, 0.25) is 0 Å². The van der Waals surface area contributed by atoms with Gasteiger partial charge in [0.25, 0.3) is 12.9 Å². The highest BCUT2D eigenvalue weighted by molar-refractivity contribution is 9.10. The van der Waals surface area contributed by atoms with Gasteiger partial charge in [0.05, 0.1) is 11.0 Å². The Kier molecular flexibility index (Phi) is 4.26. The molecule has 0 bridgehead atoms. The third kappa shape index (κ3) is 2.77. The van der Waals surface area contributed by atoms with E-state index in [4.69, 9.17) is 4.42 Å². The highest BCUT2D eigenvalue weighted by Crippen LogP contribution is 2.35. The number of carbonyl (C=O) groups is 1. The van der Waals surface area contributed by atoms with E-state index in [0.717, 1.165) is 4.68 Å². The van der Waals surface area contributed by atoms with E-state index in [1.807, 2.05) is 0 Å². The number of furan rings is 1. The monoisotopic (exact) mass is 354 g/mol. The van der Waals surface area contributed by atoms with Gasteiger partial charge in [0.1, 0.15) is 17.1 Å². The first kappa shape index (κ1) is 14.8. The summed E-state index contributed by atoms with van der Waals surface area (Å²) in [6.45, 7) is -0.279. The van der Waals surface area contributed by atoms with E-state index in [-0.39, 0.29) is 18.1 Å². The second-order valence-corrected chi connectivity index (χ2v) is 4.56. The van der Waals surface area contributed by atoms with E-state index in [1.165, 1.54) is 12.1 Å². The van der Waals surface area contributed by atoms with Crippen molar-refractivity contribution in [3.8, 4) is 0 Å². The van der Waals surface area contributed by atoms with Gasteiger partial charge in [-0.2, -0.15) is 5.10 Å². The molecular formula is C11H7BrF4N2O2. The Balaban J connectivity index is 2.39. The lowest BCUT2D eigenvalue weighted by Crippen LogP contribution is -2.06. The van der Waals surface area contributed by atoms with E-state index in [2.05, 4.69) is 21.0 Å². The molecule has 4 nitrogen and oxygen atoms in total. The molecule has 0 aliphatic rings. The van der Waals surface area contributed by atoms with Crippen molar-refractivity contribution in [3.63, 3.8) is 0 Å². The number of hydrogen-bond acceptors (Lipinski definition) is 3. The van der Waals surface area contributed by atoms with E-state index < -0.39 is 28.7 Å². The molecule has 0 saturated carbocycles. The third-order valence-corrected chi connectivity index (χ3v) is 3.29. The molecule has 9 heteroatoms. The highest BCUT2D eigenvalue weighted by atomic mass is 79.9. The second kappa shape index (κ2) is 5.78. The van der Waals surface area contributed by atoms with Crippen molar-refractivity contribution in [1.29, 1.82) is 0 Å². The standard InChI is InChI=1S/C11H7BrF4N2O2/c12-7-8(10(13)14)17-18(9(7)11(15)16)3-5-1-2-6(4-19)20-5/h1-2,4,10-11H,3H2. The molecule has 2 aromatic rings. The number of halogens is 5. The van der Waals surface area contributed by atoms with Crippen molar-refractivity contribution in [3.05, 3.63) is 39.5 Å². The summed E-state index contributed by atoms with van der Waals surface area (Å²) >= 11 is 2.71. The SMILES string of the molecule is O=Cc1ccc(Cn2nc(C(F)F)c(Br)c2C(F)F)o1. The van der Waals surface area contributed by atoms with Gasteiger partial charge in [0.15, 0.2) is 12.0 Å². The molecule has 0 saturated heterocycles. The van der Waals surface area contributed by atoms with Crippen molar-refractivity contribution in [2.45, 2.75) is 19.4 Å². The third-order valence-electron chi connectivity index (χ3n) is 2.47. The highest BCUT2D eigenvalue weighted by Gasteiger charge is 2.27. The summed E-state index contributed by atoms with van der Waals surface area (Å²) in [5.41, 5.74) is -1.42. The number of aromatic nitrogens is 2. The molecule has 2 rings (SSSR count). The van der Waals surface area contributed by atoms with E-state index in [1.54, 1.807) is 0 Å². The van der Waals surface area contributed by atoms with Crippen LogP contribution in [0.1, 0.15) is 40.6 Å². The van der Waals surface area contributed by atoms with Crippen molar-refractivity contribution in [2.24, 2.45) is 0 Å². The Morgan fingerprint density at radius 2 is 2.00 bits per heavy atom. The van der Waals surface area contributed by atoms with Gasteiger partial charge >= 0.3 is 0 Å². The summed E-state index contributed by atoms with van der Waals surface area (Å²) in [6, 6.07) is 2.73. The molecule has 0 aliphatic heterocycles. The molecule has 0 radical (unpaired) electrons. The van der Waals surface area contributed by atoms with Gasteiger partial charge in [-0.05, 0) is 28.1 Å². The number of hydrogen-bond donors (Lipinski definition) is 0. The largest absolute Gasteiger partial charge is 0.456 e. The number of carbonyl (C=O) groups excluding carboxylic acids is 1. The molecule has 0 fully saturated rings. The van der Waals surface area contributed by atoms with E-state index >= 15 is 0 Å². The average molecular weight is 355 g/mol. The Labute approximate surface area is 118 Å². The van der Waals surface area contributed by atoms with Gasteiger partial charge in [-0.25, -0.2) is 17.6 Å². The number of alkyl halides is 4. The molecule has 0 N–H and O–H groups in total. The van der Waals surface area contributed by atoms with E-state index in [0.29, 0.717) is 6.29 Å². The maximum absolute atomic E-state index is 12.9. The molecule has 20 heavy (non-hydrogen) atoms.